The molecule has 0 saturated carbocycles. The van der Waals surface area contributed by atoms with Crippen molar-refractivity contribution < 1.29 is 4.39 Å². The number of halogens is 1. The van der Waals surface area contributed by atoms with E-state index in [0.717, 1.165) is 28.1 Å². The number of pyridine rings is 1. The van der Waals surface area contributed by atoms with E-state index in [2.05, 4.69) is 20.3 Å². The fourth-order valence-electron chi connectivity index (χ4n) is 2.56. The molecule has 0 aliphatic carbocycles. The Labute approximate surface area is 131 Å². The van der Waals surface area contributed by atoms with Crippen molar-refractivity contribution in [1.29, 1.82) is 0 Å². The van der Waals surface area contributed by atoms with Crippen LogP contribution in [0.1, 0.15) is 5.69 Å². The van der Waals surface area contributed by atoms with Gasteiger partial charge in [0.15, 0.2) is 5.65 Å². The molecule has 0 fully saturated rings. The zero-order valence-corrected chi connectivity index (χ0v) is 12.3. The minimum Gasteiger partial charge on any atom is -0.265 e. The first-order valence-corrected chi connectivity index (χ1v) is 7.11. The molecule has 5 nitrogen and oxygen atoms in total. The first-order chi connectivity index (χ1) is 11.2. The Kier molecular flexibility index (Phi) is 3.08. The topological polar surface area (TPSA) is 56.0 Å². The van der Waals surface area contributed by atoms with Crippen LogP contribution in [0.25, 0.3) is 28.0 Å². The average molecular weight is 305 g/mol. The first-order valence-electron chi connectivity index (χ1n) is 7.11. The van der Waals surface area contributed by atoms with E-state index < -0.39 is 0 Å². The number of aromatic nitrogens is 5. The van der Waals surface area contributed by atoms with Gasteiger partial charge in [-0.3, -0.25) is 4.98 Å². The predicted molar refractivity (Wildman–Crippen MR) is 84.1 cm³/mol. The third-order valence-corrected chi connectivity index (χ3v) is 3.68. The van der Waals surface area contributed by atoms with Crippen LogP contribution in [0.3, 0.4) is 0 Å². The van der Waals surface area contributed by atoms with Gasteiger partial charge < -0.3 is 0 Å². The molecule has 0 spiro atoms. The van der Waals surface area contributed by atoms with Gasteiger partial charge >= 0.3 is 0 Å². The van der Waals surface area contributed by atoms with Crippen LogP contribution in [-0.4, -0.2) is 24.8 Å². The van der Waals surface area contributed by atoms with Gasteiger partial charge in [0.2, 0.25) is 0 Å². The summed E-state index contributed by atoms with van der Waals surface area (Å²) in [5.41, 5.74) is 4.89. The van der Waals surface area contributed by atoms with Gasteiger partial charge in [0.25, 0.3) is 0 Å². The summed E-state index contributed by atoms with van der Waals surface area (Å²) in [5, 5.41) is 12.9. The van der Waals surface area contributed by atoms with E-state index in [9.17, 15) is 4.39 Å². The highest BCUT2D eigenvalue weighted by atomic mass is 19.1. The quantitative estimate of drug-likeness (QED) is 0.570. The van der Waals surface area contributed by atoms with Crippen LogP contribution >= 0.6 is 0 Å². The molecule has 0 atom stereocenters. The predicted octanol–water partition coefficient (Wildman–Crippen LogP) is 3.30. The van der Waals surface area contributed by atoms with Crippen LogP contribution in [0.4, 0.5) is 4.39 Å². The van der Waals surface area contributed by atoms with Crippen LogP contribution in [0.15, 0.2) is 55.0 Å². The molecule has 0 amide bonds. The van der Waals surface area contributed by atoms with Crippen molar-refractivity contribution in [2.24, 2.45) is 0 Å². The third kappa shape index (κ3) is 2.24. The van der Waals surface area contributed by atoms with Gasteiger partial charge in [-0.05, 0) is 48.9 Å². The zero-order chi connectivity index (χ0) is 15.8. The highest BCUT2D eigenvalue weighted by molar-refractivity contribution is 5.90. The number of hydrogen-bond donors (Lipinski definition) is 0. The highest BCUT2D eigenvalue weighted by Crippen LogP contribution is 2.34. The lowest BCUT2D eigenvalue weighted by Gasteiger charge is -2.02. The van der Waals surface area contributed by atoms with Crippen molar-refractivity contribution in [1.82, 2.24) is 24.8 Å². The molecule has 1 aromatic carbocycles. The summed E-state index contributed by atoms with van der Waals surface area (Å²) < 4.78 is 15.0. The average Bonchev–Trinajstić information content (AvgIpc) is 2.97. The second-order valence-corrected chi connectivity index (χ2v) is 5.19. The normalized spacial score (nSPS) is 11.0. The number of rotatable bonds is 2. The van der Waals surface area contributed by atoms with Crippen molar-refractivity contribution in [3.63, 3.8) is 0 Å². The summed E-state index contributed by atoms with van der Waals surface area (Å²) in [5.74, 6) is -0.279. The van der Waals surface area contributed by atoms with E-state index >= 15 is 0 Å². The molecule has 3 heterocycles. The Morgan fingerprint density at radius 1 is 0.957 bits per heavy atom. The van der Waals surface area contributed by atoms with Crippen molar-refractivity contribution in [3.05, 3.63) is 66.5 Å². The Hall–Kier alpha value is -3.15. The van der Waals surface area contributed by atoms with Crippen molar-refractivity contribution in [2.45, 2.75) is 6.92 Å². The SMILES string of the molecule is Cc1cnnc2c(-c3ccncc3)c(-c3ccc(F)cc3)nn12. The molecule has 0 aliphatic rings. The maximum absolute atomic E-state index is 13.2. The molecule has 23 heavy (non-hydrogen) atoms. The third-order valence-electron chi connectivity index (χ3n) is 3.68. The summed E-state index contributed by atoms with van der Waals surface area (Å²) >= 11 is 0. The highest BCUT2D eigenvalue weighted by Gasteiger charge is 2.18. The maximum atomic E-state index is 13.2. The molecule has 0 unspecified atom stereocenters. The van der Waals surface area contributed by atoms with Crippen LogP contribution in [0.2, 0.25) is 0 Å². The fraction of sp³-hybridized carbons (Fsp3) is 0.0588. The largest absolute Gasteiger partial charge is 0.265 e. The molecule has 0 bridgehead atoms. The molecule has 3 aromatic heterocycles. The molecule has 112 valence electrons. The molecule has 6 heteroatoms. The van der Waals surface area contributed by atoms with E-state index in [1.54, 1.807) is 35.2 Å². The lowest BCUT2D eigenvalue weighted by Crippen LogP contribution is -1.97. The minimum absolute atomic E-state index is 0.279. The number of aryl methyl sites for hydroxylation is 1. The fourth-order valence-corrected chi connectivity index (χ4v) is 2.56. The van der Waals surface area contributed by atoms with Crippen molar-refractivity contribution in [2.75, 3.05) is 0 Å². The van der Waals surface area contributed by atoms with E-state index in [1.807, 2.05) is 19.1 Å². The number of nitrogens with zero attached hydrogens (tertiary/aromatic N) is 5. The maximum Gasteiger partial charge on any atom is 0.186 e. The standard InChI is InChI=1S/C17H12FN5/c1-11-10-20-21-17-15(12-6-8-19-9-7-12)16(22-23(11)17)13-2-4-14(18)5-3-13/h2-10H,1H3. The number of benzene rings is 1. The Morgan fingerprint density at radius 2 is 1.70 bits per heavy atom. The van der Waals surface area contributed by atoms with Gasteiger partial charge in [-0.1, -0.05) is 0 Å². The monoisotopic (exact) mass is 305 g/mol. The molecule has 0 saturated heterocycles. The van der Waals surface area contributed by atoms with E-state index in [1.165, 1.54) is 12.1 Å². The van der Waals surface area contributed by atoms with Crippen LogP contribution in [0, 0.1) is 12.7 Å². The smallest absolute Gasteiger partial charge is 0.186 e. The summed E-state index contributed by atoms with van der Waals surface area (Å²) in [4.78, 5) is 4.05. The van der Waals surface area contributed by atoms with Gasteiger partial charge in [0.05, 0.1) is 17.5 Å². The molecule has 4 rings (SSSR count). The number of hydrogen-bond acceptors (Lipinski definition) is 4. The first kappa shape index (κ1) is 13.5. The summed E-state index contributed by atoms with van der Waals surface area (Å²) in [7, 11) is 0. The van der Waals surface area contributed by atoms with Crippen molar-refractivity contribution >= 4 is 5.65 Å². The Morgan fingerprint density at radius 3 is 2.43 bits per heavy atom. The molecular formula is C17H12FN5. The Bertz CT molecular complexity index is 977. The lowest BCUT2D eigenvalue weighted by molar-refractivity contribution is 0.628. The summed E-state index contributed by atoms with van der Waals surface area (Å²) in [6, 6.07) is 10.1. The molecule has 0 radical (unpaired) electrons. The van der Waals surface area contributed by atoms with Crippen LogP contribution in [-0.2, 0) is 0 Å². The van der Waals surface area contributed by atoms with E-state index in [0.29, 0.717) is 5.65 Å². The number of fused-ring (bicyclic) bond motifs is 1. The molecular weight excluding hydrogens is 293 g/mol. The zero-order valence-electron chi connectivity index (χ0n) is 12.3. The van der Waals surface area contributed by atoms with Gasteiger partial charge in [0, 0.05) is 18.0 Å². The lowest BCUT2D eigenvalue weighted by atomic mass is 10.0. The van der Waals surface area contributed by atoms with Gasteiger partial charge in [-0.2, -0.15) is 10.2 Å². The van der Waals surface area contributed by atoms with Gasteiger partial charge in [-0.25, -0.2) is 8.91 Å². The second-order valence-electron chi connectivity index (χ2n) is 5.19. The summed E-state index contributed by atoms with van der Waals surface area (Å²) in [6.07, 6.45) is 5.10. The van der Waals surface area contributed by atoms with Gasteiger partial charge in [0.1, 0.15) is 11.5 Å². The molecule has 4 aromatic rings. The van der Waals surface area contributed by atoms with Crippen LogP contribution < -0.4 is 0 Å². The van der Waals surface area contributed by atoms with E-state index in [-0.39, 0.29) is 5.82 Å². The molecule has 0 N–H and O–H groups in total. The Balaban J connectivity index is 2.07. The van der Waals surface area contributed by atoms with Crippen molar-refractivity contribution in [3.8, 4) is 22.4 Å². The molecule has 0 aliphatic heterocycles. The van der Waals surface area contributed by atoms with Crippen LogP contribution in [0.5, 0.6) is 0 Å². The van der Waals surface area contributed by atoms with Gasteiger partial charge in [-0.15, -0.1) is 5.10 Å². The minimum atomic E-state index is -0.279. The second kappa shape index (κ2) is 5.24. The van der Waals surface area contributed by atoms with E-state index in [4.69, 9.17) is 0 Å². The summed E-state index contributed by atoms with van der Waals surface area (Å²) in [6.45, 7) is 1.92.